The molecule has 0 fully saturated rings. The second-order valence-electron chi connectivity index (χ2n) is 2.93. The van der Waals surface area contributed by atoms with Crippen molar-refractivity contribution in [3.8, 4) is 0 Å². The molecule has 0 aromatic carbocycles. The number of hydrogen-bond acceptors (Lipinski definition) is 3. The van der Waals surface area contributed by atoms with Crippen molar-refractivity contribution < 1.29 is 14.7 Å². The number of nitrogens with zero attached hydrogens (tertiary/aromatic N) is 2. The molecule has 7 heteroatoms. The third-order valence-electron chi connectivity index (χ3n) is 1.78. The van der Waals surface area contributed by atoms with Crippen LogP contribution in [0, 0.1) is 0 Å². The van der Waals surface area contributed by atoms with Crippen LogP contribution in [0.2, 0.25) is 0 Å². The van der Waals surface area contributed by atoms with Crippen LogP contribution in [-0.4, -0.2) is 40.7 Å². The van der Waals surface area contributed by atoms with Gasteiger partial charge in [-0.1, -0.05) is 6.58 Å². The summed E-state index contributed by atoms with van der Waals surface area (Å²) >= 11 is 2.93. The molecule has 0 aromatic heterocycles. The van der Waals surface area contributed by atoms with E-state index < -0.39 is 6.09 Å². The Morgan fingerprint density at radius 3 is 2.67 bits per heavy atom. The smallest absolute Gasteiger partial charge is 0.426 e. The van der Waals surface area contributed by atoms with Gasteiger partial charge in [0.25, 0.3) is 5.91 Å². The fourth-order valence-corrected chi connectivity index (χ4v) is 1.20. The largest absolute Gasteiger partial charge is 0.464 e. The molecule has 0 atom stereocenters. The van der Waals surface area contributed by atoms with E-state index in [1.165, 1.54) is 11.2 Å². The van der Waals surface area contributed by atoms with E-state index in [-0.39, 0.29) is 16.9 Å². The summed E-state index contributed by atoms with van der Waals surface area (Å²) in [4.78, 5) is 21.9. The second kappa shape index (κ2) is 4.35. The molecule has 0 radical (unpaired) electrons. The highest BCUT2D eigenvalue weighted by molar-refractivity contribution is 9.12. The number of rotatable bonds is 2. The van der Waals surface area contributed by atoms with Gasteiger partial charge in [0.05, 0.1) is 16.7 Å². The Labute approximate surface area is 94.9 Å². The molecule has 0 saturated carbocycles. The summed E-state index contributed by atoms with van der Waals surface area (Å²) in [5, 5.41) is 13.7. The van der Waals surface area contributed by atoms with E-state index in [4.69, 9.17) is 5.11 Å². The molecular formula is C8H10BrN3O3. The highest BCUT2D eigenvalue weighted by atomic mass is 79.9. The summed E-state index contributed by atoms with van der Waals surface area (Å²) in [6.07, 6.45) is 0.456. The Kier molecular flexibility index (Phi) is 3.35. The average Bonchev–Trinajstić information content (AvgIpc) is 2.46. The molecule has 1 heterocycles. The van der Waals surface area contributed by atoms with E-state index in [2.05, 4.69) is 27.8 Å². The zero-order valence-corrected chi connectivity index (χ0v) is 9.61. The van der Waals surface area contributed by atoms with Gasteiger partial charge in [0.1, 0.15) is 0 Å². The number of carbonyl (C=O) groups is 2. The van der Waals surface area contributed by atoms with Gasteiger partial charge < -0.3 is 10.4 Å². The number of amides is 2. The molecule has 1 rings (SSSR count). The average molecular weight is 276 g/mol. The zero-order valence-electron chi connectivity index (χ0n) is 8.03. The van der Waals surface area contributed by atoms with Crippen LogP contribution in [0.25, 0.3) is 0 Å². The summed E-state index contributed by atoms with van der Waals surface area (Å²) < 4.78 is 0.194. The predicted octanol–water partition coefficient (Wildman–Crippen LogP) is 0.693. The Balaban J connectivity index is 2.61. The third-order valence-corrected chi connectivity index (χ3v) is 2.14. The van der Waals surface area contributed by atoms with Crippen LogP contribution in [0.3, 0.4) is 0 Å². The Hall–Kier alpha value is -1.50. The summed E-state index contributed by atoms with van der Waals surface area (Å²) in [6, 6.07) is 0. The summed E-state index contributed by atoms with van der Waals surface area (Å²) in [6.45, 7) is 3.53. The van der Waals surface area contributed by atoms with Gasteiger partial charge in [0.15, 0.2) is 0 Å². The van der Waals surface area contributed by atoms with Gasteiger partial charge in [-0.3, -0.25) is 9.80 Å². The van der Waals surface area contributed by atoms with Gasteiger partial charge in [-0.15, -0.1) is 0 Å². The normalized spacial score (nSPS) is 14.9. The molecule has 0 aromatic rings. The van der Waals surface area contributed by atoms with Crippen LogP contribution in [0.15, 0.2) is 23.0 Å². The maximum Gasteiger partial charge on any atom is 0.426 e. The molecular weight excluding hydrogens is 266 g/mol. The molecule has 0 aliphatic carbocycles. The summed E-state index contributed by atoms with van der Waals surface area (Å²) in [5.74, 6) is -0.387. The van der Waals surface area contributed by atoms with E-state index in [9.17, 15) is 9.59 Å². The first-order valence-corrected chi connectivity index (χ1v) is 4.80. The summed E-state index contributed by atoms with van der Waals surface area (Å²) in [5.41, 5.74) is 0.505. The highest BCUT2D eigenvalue weighted by Crippen LogP contribution is 2.12. The minimum atomic E-state index is -1.07. The molecule has 2 amide bonds. The maximum atomic E-state index is 11.2. The molecule has 2 N–H and O–H groups in total. The Bertz CT molecular complexity index is 353. The standard InChI is InChI=1S/C8H10BrN3O3/c1-5(9)7(13)10-6-3-11(2)12(4-6)8(14)15/h3H,1,4H2,2H3,(H,10,13)(H,14,15). The lowest BCUT2D eigenvalue weighted by molar-refractivity contribution is -0.116. The van der Waals surface area contributed by atoms with Crippen molar-refractivity contribution in [2.75, 3.05) is 13.6 Å². The van der Waals surface area contributed by atoms with Crippen molar-refractivity contribution in [1.29, 1.82) is 0 Å². The molecule has 15 heavy (non-hydrogen) atoms. The fourth-order valence-electron chi connectivity index (χ4n) is 1.10. The van der Waals surface area contributed by atoms with Crippen molar-refractivity contribution in [2.45, 2.75) is 0 Å². The van der Waals surface area contributed by atoms with Crippen LogP contribution in [0.5, 0.6) is 0 Å². The fraction of sp³-hybridized carbons (Fsp3) is 0.250. The molecule has 0 unspecified atom stereocenters. The molecule has 82 valence electrons. The number of hydrogen-bond donors (Lipinski definition) is 2. The lowest BCUT2D eigenvalue weighted by Gasteiger charge is -2.20. The molecule has 6 nitrogen and oxygen atoms in total. The van der Waals surface area contributed by atoms with Crippen molar-refractivity contribution in [1.82, 2.24) is 15.3 Å². The lowest BCUT2D eigenvalue weighted by Crippen LogP contribution is -2.37. The van der Waals surface area contributed by atoms with Gasteiger partial charge in [0.2, 0.25) is 0 Å². The van der Waals surface area contributed by atoms with Gasteiger partial charge in [-0.2, -0.15) is 0 Å². The molecule has 0 saturated heterocycles. The van der Waals surface area contributed by atoms with E-state index in [1.54, 1.807) is 7.05 Å². The van der Waals surface area contributed by atoms with Crippen molar-refractivity contribution >= 4 is 27.9 Å². The van der Waals surface area contributed by atoms with E-state index in [0.717, 1.165) is 5.01 Å². The van der Waals surface area contributed by atoms with Gasteiger partial charge in [-0.25, -0.2) is 9.80 Å². The van der Waals surface area contributed by atoms with Crippen molar-refractivity contribution in [2.24, 2.45) is 0 Å². The van der Waals surface area contributed by atoms with Gasteiger partial charge >= 0.3 is 6.09 Å². The highest BCUT2D eigenvalue weighted by Gasteiger charge is 2.24. The lowest BCUT2D eigenvalue weighted by atomic mass is 10.4. The van der Waals surface area contributed by atoms with Gasteiger partial charge in [0, 0.05) is 13.2 Å². The first kappa shape index (κ1) is 11.6. The number of hydrazine groups is 1. The summed E-state index contributed by atoms with van der Waals surface area (Å²) in [7, 11) is 1.58. The van der Waals surface area contributed by atoms with E-state index >= 15 is 0 Å². The zero-order chi connectivity index (χ0) is 11.6. The van der Waals surface area contributed by atoms with E-state index in [0.29, 0.717) is 5.70 Å². The minimum Gasteiger partial charge on any atom is -0.464 e. The van der Waals surface area contributed by atoms with Crippen LogP contribution >= 0.6 is 15.9 Å². The maximum absolute atomic E-state index is 11.2. The molecule has 1 aliphatic heterocycles. The quantitative estimate of drug-likeness (QED) is 0.728. The topological polar surface area (TPSA) is 72.9 Å². The minimum absolute atomic E-state index is 0.123. The third kappa shape index (κ3) is 2.72. The second-order valence-corrected chi connectivity index (χ2v) is 3.88. The van der Waals surface area contributed by atoms with Crippen molar-refractivity contribution in [3.63, 3.8) is 0 Å². The van der Waals surface area contributed by atoms with Crippen LogP contribution in [0.4, 0.5) is 4.79 Å². The first-order valence-electron chi connectivity index (χ1n) is 4.01. The van der Waals surface area contributed by atoms with Gasteiger partial charge in [-0.05, 0) is 15.9 Å². The number of halogens is 1. The van der Waals surface area contributed by atoms with Crippen LogP contribution < -0.4 is 5.32 Å². The first-order chi connectivity index (χ1) is 6.91. The predicted molar refractivity (Wildman–Crippen MR) is 56.8 cm³/mol. The molecule has 1 aliphatic rings. The Morgan fingerprint density at radius 1 is 1.67 bits per heavy atom. The van der Waals surface area contributed by atoms with E-state index in [1.807, 2.05) is 0 Å². The van der Waals surface area contributed by atoms with Crippen molar-refractivity contribution in [3.05, 3.63) is 23.0 Å². The number of carboxylic acid groups (broad SMARTS) is 1. The Morgan fingerprint density at radius 2 is 2.27 bits per heavy atom. The SMILES string of the molecule is C=C(Br)C(=O)NC1=CN(C)N(C(=O)O)C1. The number of nitrogens with one attached hydrogen (secondary N) is 1. The monoisotopic (exact) mass is 275 g/mol. The van der Waals surface area contributed by atoms with Crippen LogP contribution in [-0.2, 0) is 4.79 Å². The molecule has 0 spiro atoms. The molecule has 0 bridgehead atoms. The number of carbonyl (C=O) groups excluding carboxylic acids is 1. The van der Waals surface area contributed by atoms with Crippen LogP contribution in [0.1, 0.15) is 0 Å².